The molecule has 0 N–H and O–H groups in total. The maximum Gasteiger partial charge on any atom is 0.0248 e. The van der Waals surface area contributed by atoms with Gasteiger partial charge < -0.3 is 0 Å². The van der Waals surface area contributed by atoms with E-state index in [-0.39, 0.29) is 0 Å². The van der Waals surface area contributed by atoms with Gasteiger partial charge in [-0.25, -0.2) is 0 Å². The predicted octanol–water partition coefficient (Wildman–Crippen LogP) is 3.12. The lowest BCUT2D eigenvalue weighted by molar-refractivity contribution is 0.0539. The summed E-state index contributed by atoms with van der Waals surface area (Å²) in [6, 6.07) is 10.1. The van der Waals surface area contributed by atoms with Gasteiger partial charge in [-0.3, -0.25) is 9.80 Å². The average molecular weight is 309 g/mol. The van der Waals surface area contributed by atoms with E-state index < -0.39 is 0 Å². The Morgan fingerprint density at radius 2 is 2.11 bits per heavy atom. The van der Waals surface area contributed by atoms with Gasteiger partial charge in [-0.1, -0.05) is 34.1 Å². The molecule has 0 saturated carbocycles. The Labute approximate surface area is 118 Å². The Bertz CT molecular complexity index is 421. The quantitative estimate of drug-likeness (QED) is 0.828. The normalized spacial score (nSPS) is 29.4. The predicted molar refractivity (Wildman–Crippen MR) is 78.6 cm³/mol. The fraction of sp³-hybridized carbons (Fsp3) is 0.600. The lowest BCUT2D eigenvalue weighted by Crippen LogP contribution is -2.54. The Balaban J connectivity index is 1.71. The SMILES string of the molecule is CC1CN2CCCC2CN1Cc1ccccc1Br. The van der Waals surface area contributed by atoms with Crippen molar-refractivity contribution in [1.29, 1.82) is 0 Å². The molecular formula is C15H21BrN2. The van der Waals surface area contributed by atoms with E-state index in [1.165, 1.54) is 42.5 Å². The molecule has 98 valence electrons. The summed E-state index contributed by atoms with van der Waals surface area (Å²) >= 11 is 3.66. The van der Waals surface area contributed by atoms with Crippen LogP contribution in [0.5, 0.6) is 0 Å². The number of hydrogen-bond acceptors (Lipinski definition) is 2. The molecule has 0 radical (unpaired) electrons. The van der Waals surface area contributed by atoms with E-state index in [4.69, 9.17) is 0 Å². The Morgan fingerprint density at radius 1 is 1.28 bits per heavy atom. The lowest BCUT2D eigenvalue weighted by Gasteiger charge is -2.42. The number of piperazine rings is 1. The third-order valence-electron chi connectivity index (χ3n) is 4.40. The molecule has 2 fully saturated rings. The van der Waals surface area contributed by atoms with Crippen LogP contribution >= 0.6 is 15.9 Å². The fourth-order valence-corrected chi connectivity index (χ4v) is 3.72. The molecule has 1 aromatic carbocycles. The van der Waals surface area contributed by atoms with Crippen molar-refractivity contribution in [2.24, 2.45) is 0 Å². The molecule has 2 unspecified atom stereocenters. The Hall–Kier alpha value is -0.380. The van der Waals surface area contributed by atoms with Crippen LogP contribution in [-0.4, -0.2) is 41.5 Å². The highest BCUT2D eigenvalue weighted by molar-refractivity contribution is 9.10. The van der Waals surface area contributed by atoms with Crippen molar-refractivity contribution in [2.75, 3.05) is 19.6 Å². The van der Waals surface area contributed by atoms with E-state index in [9.17, 15) is 0 Å². The summed E-state index contributed by atoms with van der Waals surface area (Å²) in [5.41, 5.74) is 1.41. The number of rotatable bonds is 2. The van der Waals surface area contributed by atoms with Crippen molar-refractivity contribution in [1.82, 2.24) is 9.80 Å². The van der Waals surface area contributed by atoms with Crippen LogP contribution in [0.2, 0.25) is 0 Å². The molecule has 0 spiro atoms. The summed E-state index contributed by atoms with van der Waals surface area (Å²) in [4.78, 5) is 5.33. The summed E-state index contributed by atoms with van der Waals surface area (Å²) in [6.45, 7) is 7.24. The number of fused-ring (bicyclic) bond motifs is 1. The van der Waals surface area contributed by atoms with Gasteiger partial charge in [0.05, 0.1) is 0 Å². The molecule has 0 amide bonds. The van der Waals surface area contributed by atoms with Crippen LogP contribution in [0, 0.1) is 0 Å². The standard InChI is InChI=1S/C15H21BrN2/c1-12-9-17-8-4-6-14(17)11-18(12)10-13-5-2-3-7-15(13)16/h2-3,5,7,12,14H,4,6,8-11H2,1H3. The van der Waals surface area contributed by atoms with Crippen molar-refractivity contribution in [2.45, 2.75) is 38.4 Å². The number of halogens is 1. The van der Waals surface area contributed by atoms with Crippen LogP contribution in [0.1, 0.15) is 25.3 Å². The molecule has 2 aliphatic heterocycles. The molecule has 1 aromatic rings. The van der Waals surface area contributed by atoms with Crippen LogP contribution in [0.15, 0.2) is 28.7 Å². The minimum absolute atomic E-state index is 0.673. The zero-order valence-electron chi connectivity index (χ0n) is 11.0. The molecule has 3 rings (SSSR count). The summed E-state index contributed by atoms with van der Waals surface area (Å²) in [6.07, 6.45) is 2.78. The lowest BCUT2D eigenvalue weighted by atomic mass is 10.1. The van der Waals surface area contributed by atoms with Crippen LogP contribution in [-0.2, 0) is 6.54 Å². The monoisotopic (exact) mass is 308 g/mol. The van der Waals surface area contributed by atoms with Gasteiger partial charge in [0.2, 0.25) is 0 Å². The van der Waals surface area contributed by atoms with Gasteiger partial charge in [-0.2, -0.15) is 0 Å². The van der Waals surface area contributed by atoms with Crippen molar-refractivity contribution < 1.29 is 0 Å². The molecule has 3 heteroatoms. The molecule has 18 heavy (non-hydrogen) atoms. The first-order chi connectivity index (χ1) is 8.74. The van der Waals surface area contributed by atoms with Gasteiger partial charge in [0, 0.05) is 36.2 Å². The first-order valence-corrected chi connectivity index (χ1v) is 7.75. The van der Waals surface area contributed by atoms with E-state index in [1.807, 2.05) is 0 Å². The van der Waals surface area contributed by atoms with Gasteiger partial charge in [0.1, 0.15) is 0 Å². The van der Waals surface area contributed by atoms with Crippen LogP contribution < -0.4 is 0 Å². The number of benzene rings is 1. The van der Waals surface area contributed by atoms with Gasteiger partial charge in [-0.15, -0.1) is 0 Å². The average Bonchev–Trinajstić information content (AvgIpc) is 2.79. The van der Waals surface area contributed by atoms with Gasteiger partial charge in [-0.05, 0) is 37.9 Å². The summed E-state index contributed by atoms with van der Waals surface area (Å²) in [7, 11) is 0. The molecule has 0 aromatic heterocycles. The second kappa shape index (κ2) is 5.32. The Kier molecular flexibility index (Phi) is 3.73. The second-order valence-electron chi connectivity index (χ2n) is 5.66. The first-order valence-electron chi connectivity index (χ1n) is 6.95. The molecule has 2 heterocycles. The molecule has 2 saturated heterocycles. The molecule has 2 aliphatic rings. The largest absolute Gasteiger partial charge is 0.298 e. The second-order valence-corrected chi connectivity index (χ2v) is 6.52. The van der Waals surface area contributed by atoms with E-state index in [0.717, 1.165) is 12.6 Å². The van der Waals surface area contributed by atoms with Crippen molar-refractivity contribution >= 4 is 15.9 Å². The number of nitrogens with zero attached hydrogens (tertiary/aromatic N) is 2. The first kappa shape index (κ1) is 12.6. The van der Waals surface area contributed by atoms with Gasteiger partial charge in [0.15, 0.2) is 0 Å². The Morgan fingerprint density at radius 3 is 2.94 bits per heavy atom. The zero-order valence-corrected chi connectivity index (χ0v) is 12.6. The van der Waals surface area contributed by atoms with Crippen LogP contribution in [0.3, 0.4) is 0 Å². The number of hydrogen-bond donors (Lipinski definition) is 0. The van der Waals surface area contributed by atoms with E-state index >= 15 is 0 Å². The van der Waals surface area contributed by atoms with Crippen molar-refractivity contribution in [3.63, 3.8) is 0 Å². The third-order valence-corrected chi connectivity index (χ3v) is 5.17. The maximum atomic E-state index is 3.66. The van der Waals surface area contributed by atoms with Crippen LogP contribution in [0.4, 0.5) is 0 Å². The van der Waals surface area contributed by atoms with Crippen molar-refractivity contribution in [3.8, 4) is 0 Å². The summed E-state index contributed by atoms with van der Waals surface area (Å²) in [5, 5.41) is 0. The summed E-state index contributed by atoms with van der Waals surface area (Å²) in [5.74, 6) is 0. The van der Waals surface area contributed by atoms with Gasteiger partial charge >= 0.3 is 0 Å². The highest BCUT2D eigenvalue weighted by atomic mass is 79.9. The highest BCUT2D eigenvalue weighted by Crippen LogP contribution is 2.27. The molecule has 0 aliphatic carbocycles. The minimum atomic E-state index is 0.673. The summed E-state index contributed by atoms with van der Waals surface area (Å²) < 4.78 is 1.24. The minimum Gasteiger partial charge on any atom is -0.298 e. The molecule has 0 bridgehead atoms. The van der Waals surface area contributed by atoms with E-state index in [2.05, 4.69) is 56.9 Å². The van der Waals surface area contributed by atoms with Crippen LogP contribution in [0.25, 0.3) is 0 Å². The molecule has 2 atom stereocenters. The maximum absolute atomic E-state index is 3.66. The van der Waals surface area contributed by atoms with E-state index in [1.54, 1.807) is 0 Å². The van der Waals surface area contributed by atoms with E-state index in [0.29, 0.717) is 6.04 Å². The smallest absolute Gasteiger partial charge is 0.0248 e. The third kappa shape index (κ3) is 2.49. The zero-order chi connectivity index (χ0) is 12.5. The fourth-order valence-electron chi connectivity index (χ4n) is 3.31. The van der Waals surface area contributed by atoms with Crippen molar-refractivity contribution in [3.05, 3.63) is 34.3 Å². The highest BCUT2D eigenvalue weighted by Gasteiger charge is 2.34. The van der Waals surface area contributed by atoms with Gasteiger partial charge in [0.25, 0.3) is 0 Å². The molecular weight excluding hydrogens is 288 g/mol. The molecule has 2 nitrogen and oxygen atoms in total. The topological polar surface area (TPSA) is 6.48 Å².